The number of aromatic nitrogens is 1. The molecule has 2 aromatic carbocycles. The van der Waals surface area contributed by atoms with Crippen LogP contribution in [-0.2, 0) is 11.3 Å². The first-order valence-electron chi connectivity index (χ1n) is 8.83. The molecule has 0 atom stereocenters. The highest BCUT2D eigenvalue weighted by atomic mass is 35.5. The van der Waals surface area contributed by atoms with Gasteiger partial charge in [0.15, 0.2) is 0 Å². The average Bonchev–Trinajstić information content (AvgIpc) is 3.36. The quantitative estimate of drug-likeness (QED) is 0.454. The number of nitrogens with one attached hydrogen (secondary N) is 2. The van der Waals surface area contributed by atoms with E-state index in [1.807, 2.05) is 60.0 Å². The Balaban J connectivity index is 1.30. The third kappa shape index (κ3) is 4.48. The third-order valence-electron chi connectivity index (χ3n) is 4.19. The summed E-state index contributed by atoms with van der Waals surface area (Å²) in [4.78, 5) is 29.4. The molecule has 2 N–H and O–H groups in total. The summed E-state index contributed by atoms with van der Waals surface area (Å²) >= 11 is 9.14. The van der Waals surface area contributed by atoms with Gasteiger partial charge >= 0.3 is 0 Å². The number of amides is 2. The van der Waals surface area contributed by atoms with E-state index in [1.165, 1.54) is 22.7 Å². The van der Waals surface area contributed by atoms with Crippen molar-refractivity contribution in [2.24, 2.45) is 0 Å². The van der Waals surface area contributed by atoms with Crippen LogP contribution in [0.15, 0.2) is 60.0 Å². The highest BCUT2D eigenvalue weighted by Crippen LogP contribution is 2.34. The number of benzene rings is 2. The van der Waals surface area contributed by atoms with Crippen LogP contribution >= 0.6 is 34.3 Å². The van der Waals surface area contributed by atoms with E-state index in [1.54, 1.807) is 0 Å². The van der Waals surface area contributed by atoms with E-state index >= 15 is 0 Å². The number of fused-ring (bicyclic) bond motifs is 1. The number of hydrogen-bond donors (Lipinski definition) is 2. The van der Waals surface area contributed by atoms with Crippen LogP contribution in [0.2, 0.25) is 5.02 Å². The van der Waals surface area contributed by atoms with Crippen molar-refractivity contribution in [2.45, 2.75) is 6.54 Å². The first-order chi connectivity index (χ1) is 14.1. The molecule has 146 valence electrons. The molecule has 0 saturated heterocycles. The predicted molar refractivity (Wildman–Crippen MR) is 119 cm³/mol. The number of nitrogens with zero attached hydrogens (tertiary/aromatic N) is 1. The maximum Gasteiger partial charge on any atom is 0.263 e. The lowest BCUT2D eigenvalue weighted by Crippen LogP contribution is -2.36. The van der Waals surface area contributed by atoms with Gasteiger partial charge in [0.2, 0.25) is 5.91 Å². The van der Waals surface area contributed by atoms with E-state index in [0.29, 0.717) is 16.4 Å². The maximum atomic E-state index is 12.4. The van der Waals surface area contributed by atoms with E-state index in [4.69, 9.17) is 11.6 Å². The van der Waals surface area contributed by atoms with Gasteiger partial charge in [0, 0.05) is 21.0 Å². The molecule has 2 aromatic heterocycles. The minimum absolute atomic E-state index is 0.126. The molecular weight excluding hydrogens is 426 g/mol. The summed E-state index contributed by atoms with van der Waals surface area (Å²) in [6, 6.07) is 17.4. The lowest BCUT2D eigenvalue weighted by Gasteiger charge is -2.05. The number of hydrogen-bond acceptors (Lipinski definition) is 5. The topological polar surface area (TPSA) is 71.1 Å². The molecule has 0 saturated carbocycles. The number of rotatable bonds is 6. The molecule has 2 heterocycles. The molecule has 29 heavy (non-hydrogen) atoms. The summed E-state index contributed by atoms with van der Waals surface area (Å²) in [5.74, 6) is -0.642. The molecule has 5 nitrogen and oxygen atoms in total. The Hall–Kier alpha value is -2.74. The Morgan fingerprint density at radius 2 is 1.76 bits per heavy atom. The fourth-order valence-electron chi connectivity index (χ4n) is 2.75. The summed E-state index contributed by atoms with van der Waals surface area (Å²) in [5, 5.41) is 9.47. The second-order valence-corrected chi connectivity index (χ2v) is 8.50. The molecule has 0 aliphatic heterocycles. The Morgan fingerprint density at radius 3 is 2.55 bits per heavy atom. The van der Waals surface area contributed by atoms with E-state index < -0.39 is 0 Å². The van der Waals surface area contributed by atoms with E-state index in [-0.39, 0.29) is 18.4 Å². The molecular formula is C21H16ClN3O2S2. The van der Waals surface area contributed by atoms with Gasteiger partial charge in [-0.2, -0.15) is 0 Å². The van der Waals surface area contributed by atoms with Crippen LogP contribution in [0.1, 0.15) is 15.4 Å². The number of carbonyl (C=O) groups is 2. The zero-order valence-corrected chi connectivity index (χ0v) is 17.5. The van der Waals surface area contributed by atoms with Gasteiger partial charge in [-0.15, -0.1) is 22.7 Å². The molecule has 0 unspecified atom stereocenters. The fourth-order valence-corrected chi connectivity index (χ4v) is 5.01. The standard InChI is InChI=1S/C21H16ClN3O2S2/c22-18-15-8-4-5-9-16(15)29-19(18)20(27)24-11-17(26)23-10-14-12-28-21(25-14)13-6-2-1-3-7-13/h1-9,12H,10-11H2,(H,23,26)(H,24,27). The smallest absolute Gasteiger partial charge is 0.263 e. The van der Waals surface area contributed by atoms with Crippen molar-refractivity contribution in [3.8, 4) is 10.6 Å². The summed E-state index contributed by atoms with van der Waals surface area (Å²) in [5.41, 5.74) is 1.82. The van der Waals surface area contributed by atoms with Gasteiger partial charge in [-0.05, 0) is 6.07 Å². The molecule has 2 amide bonds. The monoisotopic (exact) mass is 441 g/mol. The number of carbonyl (C=O) groups excluding carboxylic acids is 2. The zero-order valence-electron chi connectivity index (χ0n) is 15.1. The largest absolute Gasteiger partial charge is 0.349 e. The number of halogens is 1. The van der Waals surface area contributed by atoms with E-state index in [9.17, 15) is 9.59 Å². The van der Waals surface area contributed by atoms with E-state index in [2.05, 4.69) is 15.6 Å². The fraction of sp³-hybridized carbons (Fsp3) is 0.0952. The number of thiophene rings is 1. The second kappa shape index (κ2) is 8.73. The molecule has 0 aliphatic rings. The van der Waals surface area contributed by atoms with E-state index in [0.717, 1.165) is 26.4 Å². The van der Waals surface area contributed by atoms with Crippen molar-refractivity contribution in [1.29, 1.82) is 0 Å². The summed E-state index contributed by atoms with van der Waals surface area (Å²) < 4.78 is 0.935. The zero-order chi connectivity index (χ0) is 20.2. The Labute approximate surface area is 180 Å². The van der Waals surface area contributed by atoms with Crippen LogP contribution in [0.3, 0.4) is 0 Å². The van der Waals surface area contributed by atoms with Crippen LogP contribution in [0.4, 0.5) is 0 Å². The number of thiazole rings is 1. The van der Waals surface area contributed by atoms with Gasteiger partial charge in [0.1, 0.15) is 9.88 Å². The molecule has 4 aromatic rings. The van der Waals surface area contributed by atoms with Gasteiger partial charge in [-0.3, -0.25) is 9.59 Å². The minimum atomic E-state index is -0.355. The lowest BCUT2D eigenvalue weighted by molar-refractivity contribution is -0.120. The van der Waals surface area contributed by atoms with Crippen LogP contribution in [0.5, 0.6) is 0 Å². The van der Waals surface area contributed by atoms with Crippen LogP contribution in [-0.4, -0.2) is 23.3 Å². The maximum absolute atomic E-state index is 12.4. The Bertz CT molecular complexity index is 1170. The highest BCUT2D eigenvalue weighted by molar-refractivity contribution is 7.21. The van der Waals surface area contributed by atoms with Crippen molar-refractivity contribution in [1.82, 2.24) is 15.6 Å². The van der Waals surface area contributed by atoms with Crippen molar-refractivity contribution >= 4 is 56.2 Å². The second-order valence-electron chi connectivity index (χ2n) is 6.21. The summed E-state index contributed by atoms with van der Waals surface area (Å²) in [7, 11) is 0. The van der Waals surface area contributed by atoms with Crippen molar-refractivity contribution in [2.75, 3.05) is 6.54 Å². The van der Waals surface area contributed by atoms with Gasteiger partial charge in [0.25, 0.3) is 5.91 Å². The van der Waals surface area contributed by atoms with Crippen LogP contribution in [0, 0.1) is 0 Å². The van der Waals surface area contributed by atoms with Crippen LogP contribution < -0.4 is 10.6 Å². The van der Waals surface area contributed by atoms with Crippen molar-refractivity contribution in [3.63, 3.8) is 0 Å². The molecule has 0 radical (unpaired) electrons. The predicted octanol–water partition coefficient (Wildman–Crippen LogP) is 4.72. The van der Waals surface area contributed by atoms with Gasteiger partial charge in [0.05, 0.1) is 23.8 Å². The van der Waals surface area contributed by atoms with Gasteiger partial charge < -0.3 is 10.6 Å². The average molecular weight is 442 g/mol. The first kappa shape index (κ1) is 19.6. The summed E-state index contributed by atoms with van der Waals surface area (Å²) in [6.45, 7) is 0.181. The summed E-state index contributed by atoms with van der Waals surface area (Å²) in [6.07, 6.45) is 0. The Morgan fingerprint density at radius 1 is 1.00 bits per heavy atom. The minimum Gasteiger partial charge on any atom is -0.349 e. The molecule has 0 aliphatic carbocycles. The Kier molecular flexibility index (Phi) is 5.89. The molecule has 0 fully saturated rings. The molecule has 8 heteroatoms. The van der Waals surface area contributed by atoms with Crippen LogP contribution in [0.25, 0.3) is 20.7 Å². The third-order valence-corrected chi connectivity index (χ3v) is 6.80. The highest BCUT2D eigenvalue weighted by Gasteiger charge is 2.17. The van der Waals surface area contributed by atoms with Gasteiger partial charge in [-0.25, -0.2) is 4.98 Å². The normalized spacial score (nSPS) is 10.8. The molecule has 0 bridgehead atoms. The SMILES string of the molecule is O=C(CNC(=O)c1sc2ccccc2c1Cl)NCc1csc(-c2ccccc2)n1. The molecule has 0 spiro atoms. The molecule has 4 rings (SSSR count). The van der Waals surface area contributed by atoms with Gasteiger partial charge in [-0.1, -0.05) is 60.1 Å². The lowest BCUT2D eigenvalue weighted by atomic mass is 10.2. The first-order valence-corrected chi connectivity index (χ1v) is 10.9. The van der Waals surface area contributed by atoms with Crippen molar-refractivity contribution < 1.29 is 9.59 Å². The van der Waals surface area contributed by atoms with Crippen molar-refractivity contribution in [3.05, 3.63) is 75.6 Å².